The van der Waals surface area contributed by atoms with Crippen LogP contribution in [0.15, 0.2) is 48.5 Å². The molecule has 2 aliphatic heterocycles. The number of benzene rings is 2. The fraction of sp³-hybridized carbons (Fsp3) is 0.263. The zero-order valence-corrected chi connectivity index (χ0v) is 15.1. The fourth-order valence-corrected chi connectivity index (χ4v) is 5.08. The quantitative estimate of drug-likeness (QED) is 0.813. The van der Waals surface area contributed by atoms with Crippen LogP contribution in [0.25, 0.3) is 0 Å². The maximum Gasteiger partial charge on any atom is 0.258 e. The molecular formula is C19H18N2O4S. The van der Waals surface area contributed by atoms with E-state index in [9.17, 15) is 18.0 Å². The Morgan fingerprint density at radius 1 is 1.08 bits per heavy atom. The largest absolute Gasteiger partial charge is 0.305 e. The number of amides is 2. The van der Waals surface area contributed by atoms with Crippen molar-refractivity contribution in [2.24, 2.45) is 0 Å². The summed E-state index contributed by atoms with van der Waals surface area (Å²) in [6.07, 6.45) is 0.797. The van der Waals surface area contributed by atoms with E-state index >= 15 is 0 Å². The molecule has 0 bridgehead atoms. The lowest BCUT2D eigenvalue weighted by atomic mass is 10.1. The van der Waals surface area contributed by atoms with E-state index in [1.165, 1.54) is 12.1 Å². The van der Waals surface area contributed by atoms with Crippen molar-refractivity contribution >= 4 is 33.2 Å². The molecule has 2 aliphatic rings. The third-order valence-electron chi connectivity index (χ3n) is 4.85. The van der Waals surface area contributed by atoms with Gasteiger partial charge in [-0.1, -0.05) is 18.2 Å². The average Bonchev–Trinajstić information content (AvgIpc) is 3.09. The smallest absolute Gasteiger partial charge is 0.258 e. The third-order valence-corrected chi connectivity index (χ3v) is 6.54. The van der Waals surface area contributed by atoms with Gasteiger partial charge in [0.05, 0.1) is 11.4 Å². The number of rotatable bonds is 2. The molecule has 0 aliphatic carbocycles. The predicted octanol–water partition coefficient (Wildman–Crippen LogP) is 2.34. The van der Waals surface area contributed by atoms with Gasteiger partial charge in [0.2, 0.25) is 15.9 Å². The zero-order valence-electron chi connectivity index (χ0n) is 14.3. The van der Waals surface area contributed by atoms with Gasteiger partial charge in [0.1, 0.15) is 0 Å². The van der Waals surface area contributed by atoms with Crippen LogP contribution in [0.3, 0.4) is 0 Å². The highest BCUT2D eigenvalue weighted by atomic mass is 32.2. The number of carbonyl (C=O) groups is 2. The molecule has 134 valence electrons. The molecule has 1 atom stereocenters. The molecule has 1 unspecified atom stereocenters. The minimum absolute atomic E-state index is 0.00884. The molecule has 0 radical (unpaired) electrons. The first-order valence-corrected chi connectivity index (χ1v) is 10.1. The van der Waals surface area contributed by atoms with Crippen molar-refractivity contribution in [3.63, 3.8) is 0 Å². The first-order valence-electron chi connectivity index (χ1n) is 8.46. The monoisotopic (exact) mass is 370 g/mol. The van der Waals surface area contributed by atoms with Crippen molar-refractivity contribution in [2.45, 2.75) is 25.8 Å². The van der Waals surface area contributed by atoms with Crippen LogP contribution in [0, 0.1) is 0 Å². The molecule has 2 aromatic rings. The first-order chi connectivity index (χ1) is 12.4. The Morgan fingerprint density at radius 2 is 1.77 bits per heavy atom. The average molecular weight is 370 g/mol. The van der Waals surface area contributed by atoms with E-state index in [0.29, 0.717) is 5.56 Å². The van der Waals surface area contributed by atoms with E-state index < -0.39 is 15.9 Å². The van der Waals surface area contributed by atoms with Gasteiger partial charge in [-0.05, 0) is 49.2 Å². The van der Waals surface area contributed by atoms with Gasteiger partial charge in [-0.2, -0.15) is 0 Å². The maximum absolute atomic E-state index is 13.0. The van der Waals surface area contributed by atoms with Gasteiger partial charge in [0.25, 0.3) is 5.91 Å². The molecule has 0 aromatic heterocycles. The second kappa shape index (κ2) is 5.95. The van der Waals surface area contributed by atoms with Crippen molar-refractivity contribution < 1.29 is 18.0 Å². The molecule has 7 heteroatoms. The van der Waals surface area contributed by atoms with Gasteiger partial charge in [-0.25, -0.2) is 12.7 Å². The summed E-state index contributed by atoms with van der Waals surface area (Å²) in [5, 5.41) is 0. The van der Waals surface area contributed by atoms with E-state index in [1.54, 1.807) is 17.0 Å². The van der Waals surface area contributed by atoms with Gasteiger partial charge < -0.3 is 4.90 Å². The lowest BCUT2D eigenvalue weighted by molar-refractivity contribution is -0.116. The second-order valence-corrected chi connectivity index (χ2v) is 8.57. The van der Waals surface area contributed by atoms with E-state index in [-0.39, 0.29) is 29.8 Å². The molecule has 1 saturated heterocycles. The number of nitrogens with zero attached hydrogens (tertiary/aromatic N) is 2. The highest BCUT2D eigenvalue weighted by molar-refractivity contribution is 7.94. The lowest BCUT2D eigenvalue weighted by Crippen LogP contribution is -2.35. The number of hydrogen-bond acceptors (Lipinski definition) is 4. The number of para-hydroxylation sites is 1. The van der Waals surface area contributed by atoms with Gasteiger partial charge in [-0.15, -0.1) is 0 Å². The topological polar surface area (TPSA) is 74.8 Å². The summed E-state index contributed by atoms with van der Waals surface area (Å²) in [6, 6.07) is 14.1. The molecule has 26 heavy (non-hydrogen) atoms. The lowest BCUT2D eigenvalue weighted by Gasteiger charge is -2.23. The van der Waals surface area contributed by atoms with Crippen LogP contribution >= 0.6 is 0 Å². The number of carbonyl (C=O) groups excluding carboxylic acids is 2. The predicted molar refractivity (Wildman–Crippen MR) is 98.7 cm³/mol. The summed E-state index contributed by atoms with van der Waals surface area (Å²) in [6.45, 7) is 2.00. The number of anilines is 2. The summed E-state index contributed by atoms with van der Waals surface area (Å²) in [5.74, 6) is -0.745. The normalized spacial score (nSPS) is 21.1. The van der Waals surface area contributed by atoms with E-state index in [2.05, 4.69) is 0 Å². The second-order valence-electron chi connectivity index (χ2n) is 6.63. The van der Waals surface area contributed by atoms with E-state index in [1.807, 2.05) is 31.2 Å². The Labute approximate surface area is 152 Å². The molecule has 0 N–H and O–H groups in total. The first kappa shape index (κ1) is 16.8. The SMILES string of the molecule is CC1Cc2ccccc2N1C(=O)c1ccc(N2C(=O)CCS2(=O)=O)cc1. The third kappa shape index (κ3) is 2.59. The fourth-order valence-electron chi connectivity index (χ4n) is 3.62. The Kier molecular flexibility index (Phi) is 3.84. The molecule has 2 aromatic carbocycles. The van der Waals surface area contributed by atoms with Gasteiger partial charge in [0.15, 0.2) is 0 Å². The Morgan fingerprint density at radius 3 is 2.42 bits per heavy atom. The summed E-state index contributed by atoms with van der Waals surface area (Å²) >= 11 is 0. The van der Waals surface area contributed by atoms with E-state index in [4.69, 9.17) is 0 Å². The van der Waals surface area contributed by atoms with Crippen molar-refractivity contribution in [3.05, 3.63) is 59.7 Å². The van der Waals surface area contributed by atoms with Crippen LogP contribution in [-0.4, -0.2) is 32.0 Å². The van der Waals surface area contributed by atoms with Crippen molar-refractivity contribution in [2.75, 3.05) is 15.0 Å². The highest BCUT2D eigenvalue weighted by Crippen LogP contribution is 2.33. The van der Waals surface area contributed by atoms with Crippen LogP contribution in [-0.2, 0) is 21.2 Å². The summed E-state index contributed by atoms with van der Waals surface area (Å²) in [5.41, 5.74) is 2.78. The molecule has 0 spiro atoms. The van der Waals surface area contributed by atoms with Crippen molar-refractivity contribution in [1.29, 1.82) is 0 Å². The van der Waals surface area contributed by atoms with Crippen LogP contribution in [0.5, 0.6) is 0 Å². The minimum Gasteiger partial charge on any atom is -0.305 e. The molecule has 4 rings (SSSR count). The van der Waals surface area contributed by atoms with Crippen LogP contribution in [0.4, 0.5) is 11.4 Å². The molecule has 2 amide bonds. The Hall–Kier alpha value is -2.67. The number of hydrogen-bond donors (Lipinski definition) is 0. The van der Waals surface area contributed by atoms with Crippen molar-refractivity contribution in [3.8, 4) is 0 Å². The van der Waals surface area contributed by atoms with E-state index in [0.717, 1.165) is 22.0 Å². The van der Waals surface area contributed by atoms with Gasteiger partial charge in [0, 0.05) is 23.7 Å². The maximum atomic E-state index is 13.0. The van der Waals surface area contributed by atoms with Crippen molar-refractivity contribution in [1.82, 2.24) is 0 Å². The van der Waals surface area contributed by atoms with Crippen LogP contribution in [0.1, 0.15) is 29.3 Å². The molecule has 6 nitrogen and oxygen atoms in total. The van der Waals surface area contributed by atoms with Gasteiger partial charge in [-0.3, -0.25) is 9.59 Å². The number of fused-ring (bicyclic) bond motifs is 1. The van der Waals surface area contributed by atoms with Gasteiger partial charge >= 0.3 is 0 Å². The zero-order chi connectivity index (χ0) is 18.5. The van der Waals surface area contributed by atoms with Crippen LogP contribution in [0.2, 0.25) is 0 Å². The summed E-state index contributed by atoms with van der Waals surface area (Å²) in [4.78, 5) is 26.6. The number of sulfonamides is 1. The molecule has 2 heterocycles. The minimum atomic E-state index is -3.60. The summed E-state index contributed by atoms with van der Waals surface area (Å²) in [7, 11) is -3.60. The highest BCUT2D eigenvalue weighted by Gasteiger charge is 2.36. The Bertz CT molecular complexity index is 998. The van der Waals surface area contributed by atoms with Crippen LogP contribution < -0.4 is 9.21 Å². The standard InChI is InChI=1S/C19H18N2O4S/c1-13-12-15-4-2-3-5-17(15)20(13)19(23)14-6-8-16(9-7-14)21-18(22)10-11-26(21,24)25/h2-9,13H,10-12H2,1H3. The Balaban J connectivity index is 1.64. The molecule has 1 fully saturated rings. The molecular weight excluding hydrogens is 352 g/mol. The molecule has 0 saturated carbocycles. The summed E-state index contributed by atoms with van der Waals surface area (Å²) < 4.78 is 24.9.